The number of aromatic nitrogens is 1. The number of rotatable bonds is 4. The average molecular weight is 411 g/mol. The van der Waals surface area contributed by atoms with E-state index in [1.54, 1.807) is 12.1 Å². The molecule has 140 valence electrons. The third-order valence-corrected chi connectivity index (χ3v) is 4.97. The van der Waals surface area contributed by atoms with Crippen LogP contribution in [0.15, 0.2) is 48.7 Å². The molecule has 0 saturated heterocycles. The Morgan fingerprint density at radius 1 is 1.19 bits per heavy atom. The van der Waals surface area contributed by atoms with Crippen LogP contribution in [-0.4, -0.2) is 10.9 Å². The molecule has 0 saturated carbocycles. The van der Waals surface area contributed by atoms with E-state index in [0.29, 0.717) is 15.6 Å². The highest BCUT2D eigenvalue weighted by molar-refractivity contribution is 7.15. The van der Waals surface area contributed by atoms with E-state index in [0.717, 1.165) is 23.0 Å². The Hall–Kier alpha value is -2.38. The lowest BCUT2D eigenvalue weighted by atomic mass is 10.0. The van der Waals surface area contributed by atoms with Crippen molar-refractivity contribution < 1.29 is 18.0 Å². The van der Waals surface area contributed by atoms with Crippen LogP contribution < -0.4 is 5.32 Å². The van der Waals surface area contributed by atoms with Gasteiger partial charge in [-0.05, 0) is 42.8 Å². The zero-order valence-corrected chi connectivity index (χ0v) is 15.7. The standard InChI is InChI=1S/C19H14ClF3N2OS/c1-11-2-4-12(5-3-11)17(26)25-18-24-10-15(27-18)9-13-8-14(20)6-7-16(13)19(21,22)23/h2-8,10H,9H2,1H3,(H,24,25,26). The maximum atomic E-state index is 13.2. The van der Waals surface area contributed by atoms with Crippen molar-refractivity contribution in [3.8, 4) is 0 Å². The molecule has 0 aliphatic rings. The van der Waals surface area contributed by atoms with Crippen LogP contribution in [0.2, 0.25) is 5.02 Å². The molecule has 0 radical (unpaired) electrons. The Balaban J connectivity index is 1.76. The average Bonchev–Trinajstić information content (AvgIpc) is 3.01. The zero-order chi connectivity index (χ0) is 19.6. The third kappa shape index (κ3) is 4.87. The molecule has 0 aliphatic carbocycles. The first-order valence-electron chi connectivity index (χ1n) is 7.91. The monoisotopic (exact) mass is 410 g/mol. The molecule has 0 unspecified atom stereocenters. The van der Waals surface area contributed by atoms with Crippen molar-refractivity contribution in [2.45, 2.75) is 19.5 Å². The first kappa shape index (κ1) is 19.4. The maximum Gasteiger partial charge on any atom is 0.416 e. The van der Waals surface area contributed by atoms with Crippen molar-refractivity contribution in [2.24, 2.45) is 0 Å². The van der Waals surface area contributed by atoms with E-state index in [-0.39, 0.29) is 22.9 Å². The summed E-state index contributed by atoms with van der Waals surface area (Å²) in [5.41, 5.74) is 0.845. The molecule has 1 amide bonds. The Morgan fingerprint density at radius 2 is 1.89 bits per heavy atom. The van der Waals surface area contributed by atoms with Gasteiger partial charge in [-0.15, -0.1) is 11.3 Å². The number of carbonyl (C=O) groups is 1. The van der Waals surface area contributed by atoms with Crippen LogP contribution in [0.4, 0.5) is 18.3 Å². The van der Waals surface area contributed by atoms with E-state index < -0.39 is 11.7 Å². The fraction of sp³-hybridized carbons (Fsp3) is 0.158. The number of anilines is 1. The normalized spacial score (nSPS) is 11.4. The van der Waals surface area contributed by atoms with Gasteiger partial charge in [0.05, 0.1) is 5.56 Å². The summed E-state index contributed by atoms with van der Waals surface area (Å²) in [7, 11) is 0. The van der Waals surface area contributed by atoms with E-state index in [4.69, 9.17) is 11.6 Å². The fourth-order valence-corrected chi connectivity index (χ4v) is 3.52. The van der Waals surface area contributed by atoms with Crippen LogP contribution in [0, 0.1) is 6.92 Å². The predicted molar refractivity (Wildman–Crippen MR) is 101 cm³/mol. The summed E-state index contributed by atoms with van der Waals surface area (Å²) in [6.07, 6.45) is -2.99. The maximum absolute atomic E-state index is 13.2. The van der Waals surface area contributed by atoms with Gasteiger partial charge in [-0.1, -0.05) is 29.3 Å². The van der Waals surface area contributed by atoms with E-state index in [1.807, 2.05) is 19.1 Å². The third-order valence-electron chi connectivity index (χ3n) is 3.83. The number of benzene rings is 2. The smallest absolute Gasteiger partial charge is 0.298 e. The predicted octanol–water partition coefficient (Wildman–Crippen LogP) is 5.97. The fourth-order valence-electron chi connectivity index (χ4n) is 2.49. The number of hydrogen-bond acceptors (Lipinski definition) is 3. The molecular weight excluding hydrogens is 397 g/mol. The molecule has 0 fully saturated rings. The van der Waals surface area contributed by atoms with E-state index in [1.165, 1.54) is 18.3 Å². The quantitative estimate of drug-likeness (QED) is 0.576. The van der Waals surface area contributed by atoms with Crippen molar-refractivity contribution >= 4 is 34.0 Å². The topological polar surface area (TPSA) is 42.0 Å². The van der Waals surface area contributed by atoms with Gasteiger partial charge in [-0.2, -0.15) is 13.2 Å². The molecule has 1 N–H and O–H groups in total. The minimum Gasteiger partial charge on any atom is -0.298 e. The van der Waals surface area contributed by atoms with Crippen molar-refractivity contribution in [1.82, 2.24) is 4.98 Å². The van der Waals surface area contributed by atoms with Crippen LogP contribution in [0.1, 0.15) is 31.9 Å². The second kappa shape index (κ2) is 7.70. The Morgan fingerprint density at radius 3 is 2.56 bits per heavy atom. The summed E-state index contributed by atoms with van der Waals surface area (Å²) in [6.45, 7) is 1.92. The van der Waals surface area contributed by atoms with Crippen LogP contribution in [0.25, 0.3) is 0 Å². The van der Waals surface area contributed by atoms with Crippen LogP contribution in [0.5, 0.6) is 0 Å². The zero-order valence-electron chi connectivity index (χ0n) is 14.1. The molecule has 3 rings (SSSR count). The van der Waals surface area contributed by atoms with Crippen molar-refractivity contribution in [3.05, 3.63) is 80.8 Å². The molecule has 0 spiro atoms. The number of nitrogens with one attached hydrogen (secondary N) is 1. The highest BCUT2D eigenvalue weighted by atomic mass is 35.5. The summed E-state index contributed by atoms with van der Waals surface area (Å²) in [5.74, 6) is -0.324. The summed E-state index contributed by atoms with van der Waals surface area (Å²) >= 11 is 6.98. The second-order valence-electron chi connectivity index (χ2n) is 5.93. The molecule has 2 aromatic carbocycles. The molecule has 0 bridgehead atoms. The molecule has 0 aliphatic heterocycles. The van der Waals surface area contributed by atoms with Crippen molar-refractivity contribution in [1.29, 1.82) is 0 Å². The molecule has 27 heavy (non-hydrogen) atoms. The molecule has 3 aromatic rings. The van der Waals surface area contributed by atoms with Crippen LogP contribution in [-0.2, 0) is 12.6 Å². The van der Waals surface area contributed by atoms with E-state index >= 15 is 0 Å². The lowest BCUT2D eigenvalue weighted by Crippen LogP contribution is -2.11. The summed E-state index contributed by atoms with van der Waals surface area (Å²) in [5, 5.41) is 3.22. The largest absolute Gasteiger partial charge is 0.416 e. The van der Waals surface area contributed by atoms with Gasteiger partial charge in [0.2, 0.25) is 0 Å². The molecular formula is C19H14ClF3N2OS. The highest BCUT2D eigenvalue weighted by Crippen LogP contribution is 2.35. The number of hydrogen-bond donors (Lipinski definition) is 1. The van der Waals surface area contributed by atoms with Crippen LogP contribution >= 0.6 is 22.9 Å². The molecule has 0 atom stereocenters. The van der Waals surface area contributed by atoms with E-state index in [9.17, 15) is 18.0 Å². The molecule has 8 heteroatoms. The minimum atomic E-state index is -4.47. The van der Waals surface area contributed by atoms with Crippen molar-refractivity contribution in [3.63, 3.8) is 0 Å². The minimum absolute atomic E-state index is 0.0213. The van der Waals surface area contributed by atoms with Gasteiger partial charge in [-0.3, -0.25) is 10.1 Å². The first-order valence-corrected chi connectivity index (χ1v) is 9.10. The van der Waals surface area contributed by atoms with Crippen LogP contribution in [0.3, 0.4) is 0 Å². The number of halogens is 4. The van der Waals surface area contributed by atoms with Gasteiger partial charge in [0.25, 0.3) is 5.91 Å². The number of aryl methyl sites for hydroxylation is 1. The van der Waals surface area contributed by atoms with Gasteiger partial charge in [0, 0.05) is 28.1 Å². The Bertz CT molecular complexity index is 968. The Kier molecular flexibility index (Phi) is 5.53. The van der Waals surface area contributed by atoms with Crippen molar-refractivity contribution in [2.75, 3.05) is 5.32 Å². The summed E-state index contributed by atoms with van der Waals surface area (Å²) in [6, 6.07) is 10.5. The molecule has 1 heterocycles. The number of alkyl halides is 3. The lowest BCUT2D eigenvalue weighted by Gasteiger charge is -2.12. The van der Waals surface area contributed by atoms with Gasteiger partial charge < -0.3 is 0 Å². The number of thiazole rings is 1. The number of carbonyl (C=O) groups excluding carboxylic acids is 1. The van der Waals surface area contributed by atoms with Gasteiger partial charge in [0.1, 0.15) is 0 Å². The number of amides is 1. The summed E-state index contributed by atoms with van der Waals surface area (Å²) in [4.78, 5) is 16.9. The second-order valence-corrected chi connectivity index (χ2v) is 7.48. The number of nitrogens with zero attached hydrogens (tertiary/aromatic N) is 1. The SMILES string of the molecule is Cc1ccc(C(=O)Nc2ncc(Cc3cc(Cl)ccc3C(F)(F)F)s2)cc1. The summed E-state index contributed by atoms with van der Waals surface area (Å²) < 4.78 is 39.5. The van der Waals surface area contributed by atoms with Gasteiger partial charge in [0.15, 0.2) is 5.13 Å². The van der Waals surface area contributed by atoms with Gasteiger partial charge in [-0.25, -0.2) is 4.98 Å². The molecule has 1 aromatic heterocycles. The highest BCUT2D eigenvalue weighted by Gasteiger charge is 2.33. The Labute approximate surface area is 162 Å². The molecule has 3 nitrogen and oxygen atoms in total. The van der Waals surface area contributed by atoms with Gasteiger partial charge >= 0.3 is 6.18 Å². The van der Waals surface area contributed by atoms with E-state index in [2.05, 4.69) is 10.3 Å². The lowest BCUT2D eigenvalue weighted by molar-refractivity contribution is -0.138. The first-order chi connectivity index (χ1) is 12.7.